The second-order valence-corrected chi connectivity index (χ2v) is 11.1. The zero-order valence-electron chi connectivity index (χ0n) is 21.0. The van der Waals surface area contributed by atoms with Gasteiger partial charge in [-0.15, -0.1) is 0 Å². The molecule has 0 atom stereocenters. The van der Waals surface area contributed by atoms with Gasteiger partial charge in [-0.25, -0.2) is 13.4 Å². The minimum Gasteiger partial charge on any atom is -0.357 e. The molecule has 0 bridgehead atoms. The van der Waals surface area contributed by atoms with Crippen LogP contribution in [0, 0.1) is 0 Å². The number of aromatic nitrogens is 2. The Morgan fingerprint density at radius 1 is 0.921 bits per heavy atom. The molecule has 2 aromatic heterocycles. The van der Waals surface area contributed by atoms with Gasteiger partial charge in [0.15, 0.2) is 5.03 Å². The number of rotatable bonds is 6. The molecule has 1 aliphatic rings. The molecule has 38 heavy (non-hydrogen) atoms. The first-order chi connectivity index (χ1) is 18.0. The number of halogens is 3. The summed E-state index contributed by atoms with van der Waals surface area (Å²) in [5.41, 5.74) is -0.0565. The van der Waals surface area contributed by atoms with Crippen molar-refractivity contribution in [2.75, 3.05) is 18.0 Å². The van der Waals surface area contributed by atoms with E-state index < -0.39 is 27.3 Å². The summed E-state index contributed by atoms with van der Waals surface area (Å²) in [5, 5.41) is -0.105. The molecule has 7 nitrogen and oxygen atoms in total. The van der Waals surface area contributed by atoms with Crippen LogP contribution in [-0.2, 0) is 31.4 Å². The van der Waals surface area contributed by atoms with E-state index in [4.69, 9.17) is 9.59 Å². The van der Waals surface area contributed by atoms with Crippen LogP contribution < -0.4 is 4.90 Å². The van der Waals surface area contributed by atoms with Crippen LogP contribution in [0.4, 0.5) is 19.0 Å². The highest BCUT2D eigenvalue weighted by Crippen LogP contribution is 2.39. The van der Waals surface area contributed by atoms with Crippen molar-refractivity contribution < 1.29 is 31.2 Å². The topological polar surface area (TPSA) is 97.3 Å². The van der Waals surface area contributed by atoms with E-state index in [-0.39, 0.29) is 28.5 Å². The molecule has 202 valence electrons. The summed E-state index contributed by atoms with van der Waals surface area (Å²) in [6.07, 6.45) is -1.20. The van der Waals surface area contributed by atoms with Crippen molar-refractivity contribution in [3.8, 4) is 11.3 Å². The smallest absolute Gasteiger partial charge is 0.357 e. The van der Waals surface area contributed by atoms with Gasteiger partial charge >= 0.3 is 12.3 Å². The average molecular weight is 548 g/mol. The van der Waals surface area contributed by atoms with Gasteiger partial charge in [0.1, 0.15) is 5.82 Å². The number of hydrogen-bond acceptors (Lipinski definition) is 7. The number of benzene rings is 1. The van der Waals surface area contributed by atoms with Gasteiger partial charge in [-0.2, -0.15) is 22.8 Å². The van der Waals surface area contributed by atoms with Gasteiger partial charge < -0.3 is 4.90 Å². The summed E-state index contributed by atoms with van der Waals surface area (Å²) >= 11 is 0. The lowest BCUT2D eigenvalue weighted by molar-refractivity contribution is -0.191. The van der Waals surface area contributed by atoms with Crippen LogP contribution in [0.15, 0.2) is 59.6 Å². The number of sulfone groups is 1. The molecule has 0 radical (unpaired) electrons. The van der Waals surface area contributed by atoms with E-state index in [1.807, 2.05) is 13.8 Å². The minimum absolute atomic E-state index is 0.0386. The van der Waals surface area contributed by atoms with E-state index >= 15 is 0 Å². The first-order valence-corrected chi connectivity index (χ1v) is 13.7. The van der Waals surface area contributed by atoms with Crippen LogP contribution in [0.25, 0.3) is 11.3 Å². The molecule has 0 N–H and O–H groups in total. The molecule has 1 aliphatic heterocycles. The lowest BCUT2D eigenvalue weighted by atomic mass is 9.93. The number of hydrogen-bond donors (Lipinski definition) is 0. The van der Waals surface area contributed by atoms with Gasteiger partial charge in [0.05, 0.1) is 22.7 Å². The van der Waals surface area contributed by atoms with E-state index in [2.05, 4.69) is 14.9 Å². The molecule has 4 rings (SSSR count). The Bertz CT molecular complexity index is 1400. The Morgan fingerprint density at radius 2 is 1.58 bits per heavy atom. The molecule has 1 aromatic carbocycles. The number of anilines is 1. The normalized spacial score (nSPS) is 14.0. The van der Waals surface area contributed by atoms with Crippen LogP contribution in [0.2, 0.25) is 0 Å². The van der Waals surface area contributed by atoms with E-state index in [1.54, 1.807) is 36.4 Å². The van der Waals surface area contributed by atoms with Crippen molar-refractivity contribution in [2.24, 2.45) is 0 Å². The highest BCUT2D eigenvalue weighted by Gasteiger charge is 2.35. The van der Waals surface area contributed by atoms with Crippen LogP contribution in [0.3, 0.4) is 0 Å². The maximum Gasteiger partial charge on any atom is 0.418 e. The Balaban J connectivity index is 0.00000127. The molecule has 3 heterocycles. The van der Waals surface area contributed by atoms with Crippen molar-refractivity contribution >= 4 is 21.8 Å². The fraction of sp³-hybridized carbons (Fsp3) is 0.370. The summed E-state index contributed by atoms with van der Waals surface area (Å²) in [6.45, 7) is 5.41. The zero-order chi connectivity index (χ0) is 27.9. The summed E-state index contributed by atoms with van der Waals surface area (Å²) in [7, 11) is -3.93. The maximum atomic E-state index is 13.8. The second kappa shape index (κ2) is 12.3. The van der Waals surface area contributed by atoms with Crippen molar-refractivity contribution in [3.05, 3.63) is 71.4 Å². The molecule has 0 saturated carbocycles. The van der Waals surface area contributed by atoms with Gasteiger partial charge in [-0.3, -0.25) is 4.98 Å². The number of piperidine rings is 1. The van der Waals surface area contributed by atoms with Crippen molar-refractivity contribution in [1.29, 1.82) is 0 Å². The van der Waals surface area contributed by atoms with E-state index in [1.165, 1.54) is 6.07 Å². The minimum atomic E-state index is -4.63. The van der Waals surface area contributed by atoms with Crippen molar-refractivity contribution in [1.82, 2.24) is 9.97 Å². The predicted molar refractivity (Wildman–Crippen MR) is 135 cm³/mol. The van der Waals surface area contributed by atoms with E-state index in [0.29, 0.717) is 16.9 Å². The van der Waals surface area contributed by atoms with Gasteiger partial charge in [0.25, 0.3) is 0 Å². The largest absolute Gasteiger partial charge is 0.418 e. The molecule has 0 amide bonds. The third kappa shape index (κ3) is 7.05. The first kappa shape index (κ1) is 29.0. The van der Waals surface area contributed by atoms with E-state index in [0.717, 1.165) is 44.5 Å². The van der Waals surface area contributed by atoms with Crippen LogP contribution in [-0.4, -0.2) is 37.6 Å². The summed E-state index contributed by atoms with van der Waals surface area (Å²) in [4.78, 5) is 26.9. The summed E-state index contributed by atoms with van der Waals surface area (Å²) in [5.74, 6) is 0.0132. The lowest BCUT2D eigenvalue weighted by Gasteiger charge is -2.27. The van der Waals surface area contributed by atoms with Gasteiger partial charge in [-0.1, -0.05) is 44.2 Å². The molecular formula is C27H28F3N3O4S. The lowest BCUT2D eigenvalue weighted by Crippen LogP contribution is -2.30. The van der Waals surface area contributed by atoms with Crippen LogP contribution in [0.5, 0.6) is 0 Å². The number of nitrogens with zero attached hydrogens (tertiary/aromatic N) is 3. The van der Waals surface area contributed by atoms with Gasteiger partial charge in [-0.05, 0) is 55.0 Å². The number of pyridine rings is 2. The fourth-order valence-electron chi connectivity index (χ4n) is 4.38. The first-order valence-electron chi connectivity index (χ1n) is 12.1. The Morgan fingerprint density at radius 3 is 2.21 bits per heavy atom. The highest BCUT2D eigenvalue weighted by atomic mass is 32.2. The fourth-order valence-corrected chi connectivity index (χ4v) is 5.59. The Labute approximate surface area is 219 Å². The predicted octanol–water partition coefficient (Wildman–Crippen LogP) is 5.67. The van der Waals surface area contributed by atoms with Crippen LogP contribution >= 0.6 is 0 Å². The zero-order valence-corrected chi connectivity index (χ0v) is 21.8. The van der Waals surface area contributed by atoms with E-state index in [9.17, 15) is 21.6 Å². The molecule has 3 aromatic rings. The molecular weight excluding hydrogens is 519 g/mol. The third-order valence-electron chi connectivity index (χ3n) is 6.14. The Hall–Kier alpha value is -3.56. The average Bonchev–Trinajstić information content (AvgIpc) is 2.89. The molecule has 1 fully saturated rings. The SMILES string of the molecule is CC(C)c1ccccc1-c1nc(CS(=O)(=O)c2cccc(N3CCCCC3)n2)ccc1C(F)(F)F.O=C=O. The second-order valence-electron chi connectivity index (χ2n) is 9.16. The van der Waals surface area contributed by atoms with Gasteiger partial charge in [0.2, 0.25) is 9.84 Å². The Kier molecular flexibility index (Phi) is 9.40. The molecule has 11 heteroatoms. The number of carbonyl (C=O) groups excluding carboxylic acids is 2. The molecule has 0 aliphatic carbocycles. The third-order valence-corrected chi connectivity index (χ3v) is 7.68. The maximum absolute atomic E-state index is 13.8. The van der Waals surface area contributed by atoms with Crippen molar-refractivity contribution in [2.45, 2.75) is 56.0 Å². The highest BCUT2D eigenvalue weighted by molar-refractivity contribution is 7.90. The van der Waals surface area contributed by atoms with Crippen LogP contribution in [0.1, 0.15) is 55.8 Å². The molecule has 0 spiro atoms. The number of alkyl halides is 3. The summed E-state index contributed by atoms with van der Waals surface area (Å²) in [6, 6.07) is 13.7. The summed E-state index contributed by atoms with van der Waals surface area (Å²) < 4.78 is 67.9. The molecule has 0 unspecified atom stereocenters. The quantitative estimate of drug-likeness (QED) is 0.392. The monoisotopic (exact) mass is 547 g/mol. The van der Waals surface area contributed by atoms with Crippen molar-refractivity contribution in [3.63, 3.8) is 0 Å². The standard InChI is InChI=1S/C26H28F3N3O2S.CO2/c1-18(2)20-9-4-5-10-21(20)25-22(26(27,28)29)14-13-19(30-25)17-35(33,34)24-12-8-11-23(31-24)32-15-6-3-7-16-32;2-1-3/h4-5,8-14,18H,3,6-7,15-17H2,1-2H3;. The van der Waals surface area contributed by atoms with Gasteiger partial charge in [0, 0.05) is 18.7 Å². The molecule has 1 saturated heterocycles.